The second-order valence-corrected chi connectivity index (χ2v) is 7.99. The monoisotopic (exact) mass is 437 g/mol. The Kier molecular flexibility index (Phi) is 3.92. The van der Waals surface area contributed by atoms with Gasteiger partial charge in [0.2, 0.25) is 0 Å². The van der Waals surface area contributed by atoms with E-state index in [1.54, 1.807) is 72.8 Å². The van der Waals surface area contributed by atoms with Crippen molar-refractivity contribution in [2.45, 2.75) is 5.60 Å². The Balaban J connectivity index is 1.62. The average molecular weight is 437 g/mol. The van der Waals surface area contributed by atoms with Crippen molar-refractivity contribution in [1.29, 1.82) is 0 Å². The van der Waals surface area contributed by atoms with E-state index in [0.29, 0.717) is 28.2 Å². The van der Waals surface area contributed by atoms with Crippen LogP contribution in [0, 0.1) is 16.0 Å². The lowest BCUT2D eigenvalue weighted by atomic mass is 9.68. The molecule has 3 aromatic rings. The van der Waals surface area contributed by atoms with Crippen LogP contribution in [0.1, 0.15) is 27.0 Å². The van der Waals surface area contributed by atoms with Gasteiger partial charge in [-0.25, -0.2) is 4.79 Å². The second-order valence-electron chi connectivity index (χ2n) is 7.99. The summed E-state index contributed by atoms with van der Waals surface area (Å²) >= 11 is 0. The maximum Gasteiger partial charge on any atom is 0.339 e. The number of nitrogens with zero attached hydrogens (tertiary/aromatic N) is 1. The number of Topliss-reactive ketones (excluding diaryl/α,β-unsaturated/α-hetero) is 1. The van der Waals surface area contributed by atoms with Gasteiger partial charge in [-0.1, -0.05) is 48.5 Å². The first-order valence-corrected chi connectivity index (χ1v) is 10.3. The minimum atomic E-state index is -1.44. The van der Waals surface area contributed by atoms with Gasteiger partial charge in [-0.3, -0.25) is 14.9 Å². The van der Waals surface area contributed by atoms with Crippen molar-refractivity contribution in [2.24, 2.45) is 5.92 Å². The van der Waals surface area contributed by atoms with Crippen molar-refractivity contribution >= 4 is 23.0 Å². The molecule has 0 fully saturated rings. The van der Waals surface area contributed by atoms with Gasteiger partial charge >= 0.3 is 5.97 Å². The molecule has 3 aliphatic rings. The van der Waals surface area contributed by atoms with E-state index >= 15 is 0 Å². The van der Waals surface area contributed by atoms with Crippen LogP contribution >= 0.6 is 0 Å². The Labute approximate surface area is 187 Å². The molecule has 0 saturated heterocycles. The molecule has 0 aromatic heterocycles. The SMILES string of the molecule is O=C1OC2(c3ccccc3OC3=CC=C(c4ccccc4[N+](=O)[O-])C(=O)C32)c2ccccc21. The van der Waals surface area contributed by atoms with Crippen molar-refractivity contribution in [2.75, 3.05) is 0 Å². The molecule has 2 aliphatic heterocycles. The summed E-state index contributed by atoms with van der Waals surface area (Å²) in [5, 5.41) is 11.6. The summed E-state index contributed by atoms with van der Waals surface area (Å²) in [6, 6.07) is 20.2. The number of nitro benzene ring substituents is 1. The molecule has 7 nitrogen and oxygen atoms in total. The van der Waals surface area contributed by atoms with Crippen molar-refractivity contribution in [3.05, 3.63) is 123 Å². The lowest BCUT2D eigenvalue weighted by Crippen LogP contribution is -2.47. The summed E-state index contributed by atoms with van der Waals surface area (Å²) < 4.78 is 12.1. The van der Waals surface area contributed by atoms with E-state index in [-0.39, 0.29) is 16.8 Å². The lowest BCUT2D eigenvalue weighted by Gasteiger charge is -2.42. The number of benzene rings is 3. The molecule has 2 unspecified atom stereocenters. The van der Waals surface area contributed by atoms with Crippen LogP contribution in [0.5, 0.6) is 5.75 Å². The van der Waals surface area contributed by atoms with Crippen LogP contribution in [-0.2, 0) is 15.1 Å². The smallest absolute Gasteiger partial charge is 0.339 e. The Morgan fingerprint density at radius 1 is 0.818 bits per heavy atom. The number of carbonyl (C=O) groups excluding carboxylic acids is 2. The molecule has 2 atom stereocenters. The van der Waals surface area contributed by atoms with Gasteiger partial charge < -0.3 is 9.47 Å². The zero-order valence-corrected chi connectivity index (χ0v) is 17.1. The van der Waals surface area contributed by atoms with Crippen LogP contribution in [-0.4, -0.2) is 16.7 Å². The fourth-order valence-corrected chi connectivity index (χ4v) is 4.99. The Hall–Kier alpha value is -4.52. The molecule has 0 bridgehead atoms. The van der Waals surface area contributed by atoms with Crippen LogP contribution in [0.15, 0.2) is 90.7 Å². The molecule has 2 heterocycles. The van der Waals surface area contributed by atoms with E-state index in [4.69, 9.17) is 9.47 Å². The highest BCUT2D eigenvalue weighted by atomic mass is 16.6. The average Bonchev–Trinajstić information content (AvgIpc) is 3.12. The third kappa shape index (κ3) is 2.50. The predicted octanol–water partition coefficient (Wildman–Crippen LogP) is 4.57. The van der Waals surface area contributed by atoms with Crippen LogP contribution in [0.3, 0.4) is 0 Å². The summed E-state index contributed by atoms with van der Waals surface area (Å²) in [5.41, 5.74) is 0.260. The standard InChI is InChI=1S/C26H15NO6/c28-24-16(15-7-2-5-11-20(15)27(30)31)13-14-22-23(24)26(19-10-4-6-12-21(19)32-22)18-9-3-1-8-17(18)25(29)33-26/h1-14,23H. The summed E-state index contributed by atoms with van der Waals surface area (Å²) in [4.78, 5) is 38.1. The summed E-state index contributed by atoms with van der Waals surface area (Å²) in [6.07, 6.45) is 3.16. The van der Waals surface area contributed by atoms with Gasteiger partial charge in [-0.15, -0.1) is 0 Å². The zero-order chi connectivity index (χ0) is 22.7. The van der Waals surface area contributed by atoms with Crippen molar-refractivity contribution < 1.29 is 24.0 Å². The minimum absolute atomic E-state index is 0.166. The Bertz CT molecular complexity index is 1450. The first-order valence-electron chi connectivity index (χ1n) is 10.3. The van der Waals surface area contributed by atoms with Crippen LogP contribution in [0.2, 0.25) is 0 Å². The van der Waals surface area contributed by atoms with Gasteiger partial charge in [0.1, 0.15) is 17.4 Å². The highest BCUT2D eigenvalue weighted by molar-refractivity contribution is 6.25. The van der Waals surface area contributed by atoms with Gasteiger partial charge in [0, 0.05) is 22.8 Å². The largest absolute Gasteiger partial charge is 0.460 e. The van der Waals surface area contributed by atoms with Crippen LogP contribution in [0.25, 0.3) is 5.57 Å². The molecule has 160 valence electrons. The minimum Gasteiger partial charge on any atom is -0.460 e. The normalized spacial score (nSPS) is 22.4. The number of para-hydroxylation sites is 2. The van der Waals surface area contributed by atoms with Crippen molar-refractivity contribution in [3.8, 4) is 5.75 Å². The van der Waals surface area contributed by atoms with Gasteiger partial charge in [-0.05, 0) is 30.4 Å². The molecule has 0 N–H and O–H groups in total. The van der Waals surface area contributed by atoms with Crippen molar-refractivity contribution in [3.63, 3.8) is 0 Å². The summed E-state index contributed by atoms with van der Waals surface area (Å²) in [7, 11) is 0. The highest BCUT2D eigenvalue weighted by Crippen LogP contribution is 2.57. The third-order valence-electron chi connectivity index (χ3n) is 6.34. The molecule has 6 rings (SSSR count). The fourth-order valence-electron chi connectivity index (χ4n) is 4.99. The zero-order valence-electron chi connectivity index (χ0n) is 17.1. The first kappa shape index (κ1) is 19.2. The molecule has 1 aliphatic carbocycles. The van der Waals surface area contributed by atoms with Crippen LogP contribution in [0.4, 0.5) is 5.69 Å². The topological polar surface area (TPSA) is 95.7 Å². The molecule has 7 heteroatoms. The second kappa shape index (κ2) is 6.74. The van der Waals surface area contributed by atoms with Gasteiger partial charge in [0.05, 0.1) is 16.1 Å². The number of nitro groups is 1. The number of carbonyl (C=O) groups is 2. The molecule has 0 radical (unpaired) electrons. The summed E-state index contributed by atoms with van der Waals surface area (Å²) in [5.74, 6) is -1.16. The molecule has 33 heavy (non-hydrogen) atoms. The van der Waals surface area contributed by atoms with Crippen molar-refractivity contribution in [1.82, 2.24) is 0 Å². The number of hydrogen-bond acceptors (Lipinski definition) is 6. The molecule has 3 aromatic carbocycles. The maximum atomic E-state index is 14.0. The number of rotatable bonds is 2. The fraction of sp³-hybridized carbons (Fsp3) is 0.0769. The molecular formula is C26H15NO6. The van der Waals surface area contributed by atoms with E-state index in [0.717, 1.165) is 0 Å². The van der Waals surface area contributed by atoms with E-state index in [1.807, 2.05) is 0 Å². The molecule has 0 saturated carbocycles. The molecule has 0 amide bonds. The number of ketones is 1. The quantitative estimate of drug-likeness (QED) is 0.331. The third-order valence-corrected chi connectivity index (χ3v) is 6.34. The van der Waals surface area contributed by atoms with Crippen LogP contribution < -0.4 is 4.74 Å². The number of esters is 1. The maximum absolute atomic E-state index is 14.0. The van der Waals surface area contributed by atoms with Gasteiger partial charge in [0.25, 0.3) is 5.69 Å². The van der Waals surface area contributed by atoms with E-state index in [2.05, 4.69) is 0 Å². The lowest BCUT2D eigenvalue weighted by molar-refractivity contribution is -0.385. The van der Waals surface area contributed by atoms with Gasteiger partial charge in [0.15, 0.2) is 11.4 Å². The Morgan fingerprint density at radius 2 is 1.48 bits per heavy atom. The highest BCUT2D eigenvalue weighted by Gasteiger charge is 2.61. The van der Waals surface area contributed by atoms with E-state index < -0.39 is 28.2 Å². The predicted molar refractivity (Wildman–Crippen MR) is 117 cm³/mol. The number of fused-ring (bicyclic) bond motifs is 6. The number of allylic oxidation sites excluding steroid dienone is 3. The first-order chi connectivity index (χ1) is 16.0. The summed E-state index contributed by atoms with van der Waals surface area (Å²) in [6.45, 7) is 0. The molecular weight excluding hydrogens is 422 g/mol. The van der Waals surface area contributed by atoms with E-state index in [9.17, 15) is 19.7 Å². The number of ether oxygens (including phenoxy) is 2. The number of hydrogen-bond donors (Lipinski definition) is 0. The Morgan fingerprint density at radius 3 is 2.27 bits per heavy atom. The van der Waals surface area contributed by atoms with E-state index in [1.165, 1.54) is 12.1 Å². The molecule has 1 spiro atoms. The van der Waals surface area contributed by atoms with Gasteiger partial charge in [-0.2, -0.15) is 0 Å².